The van der Waals surface area contributed by atoms with E-state index in [0.717, 1.165) is 6.26 Å². The Hall–Kier alpha value is -1.31. The molecule has 0 saturated heterocycles. The van der Waals surface area contributed by atoms with Gasteiger partial charge in [-0.3, -0.25) is 4.79 Å². The third-order valence-electron chi connectivity index (χ3n) is 1.16. The molecule has 0 fully saturated rings. The topological polar surface area (TPSA) is 113 Å². The summed E-state index contributed by atoms with van der Waals surface area (Å²) in [6, 6.07) is -0.698. The standard InChI is InChI=1S/C6H12N2O5S/c1-14(12,13)3-2-7-6(11)8-4-5(9)10/h2-4H2,1H3,(H,9,10)(H2,7,8,11). The molecular formula is C6H12N2O5S. The number of amides is 2. The first kappa shape index (κ1) is 12.7. The number of rotatable bonds is 5. The van der Waals surface area contributed by atoms with E-state index in [1.165, 1.54) is 0 Å². The Kier molecular flexibility index (Phi) is 4.92. The highest BCUT2D eigenvalue weighted by atomic mass is 32.2. The average Bonchev–Trinajstić information content (AvgIpc) is 1.98. The summed E-state index contributed by atoms with van der Waals surface area (Å²) in [6.45, 7) is -0.533. The highest BCUT2D eigenvalue weighted by molar-refractivity contribution is 7.90. The van der Waals surface area contributed by atoms with E-state index in [-0.39, 0.29) is 12.3 Å². The molecule has 0 aliphatic carbocycles. The van der Waals surface area contributed by atoms with E-state index in [9.17, 15) is 18.0 Å². The van der Waals surface area contributed by atoms with Gasteiger partial charge in [-0.05, 0) is 0 Å². The van der Waals surface area contributed by atoms with Crippen LogP contribution < -0.4 is 10.6 Å². The van der Waals surface area contributed by atoms with Crippen molar-refractivity contribution in [1.29, 1.82) is 0 Å². The maximum atomic E-state index is 10.8. The zero-order chi connectivity index (χ0) is 11.2. The zero-order valence-corrected chi connectivity index (χ0v) is 8.43. The van der Waals surface area contributed by atoms with Crippen LogP contribution in [0.4, 0.5) is 4.79 Å². The molecule has 0 aromatic heterocycles. The van der Waals surface area contributed by atoms with Gasteiger partial charge in [0.15, 0.2) is 0 Å². The summed E-state index contributed by atoms with van der Waals surface area (Å²) in [7, 11) is -3.11. The fourth-order valence-corrected chi connectivity index (χ4v) is 1.04. The first-order valence-electron chi connectivity index (χ1n) is 3.72. The highest BCUT2D eigenvalue weighted by Gasteiger charge is 2.05. The lowest BCUT2D eigenvalue weighted by Gasteiger charge is -2.04. The maximum Gasteiger partial charge on any atom is 0.323 e. The molecule has 2 amide bonds. The van der Waals surface area contributed by atoms with Gasteiger partial charge in [0.05, 0.1) is 5.75 Å². The summed E-state index contributed by atoms with van der Waals surface area (Å²) < 4.78 is 21.2. The van der Waals surface area contributed by atoms with Gasteiger partial charge in [0.1, 0.15) is 16.4 Å². The van der Waals surface area contributed by atoms with Crippen LogP contribution in [0.3, 0.4) is 0 Å². The van der Waals surface area contributed by atoms with Crippen molar-refractivity contribution in [3.05, 3.63) is 0 Å². The quantitative estimate of drug-likeness (QED) is 0.521. The molecule has 7 nitrogen and oxygen atoms in total. The van der Waals surface area contributed by atoms with Crippen molar-refractivity contribution in [2.75, 3.05) is 25.1 Å². The molecule has 0 radical (unpaired) electrons. The van der Waals surface area contributed by atoms with E-state index >= 15 is 0 Å². The Morgan fingerprint density at radius 3 is 2.29 bits per heavy atom. The molecule has 0 bridgehead atoms. The van der Waals surface area contributed by atoms with Crippen molar-refractivity contribution in [2.24, 2.45) is 0 Å². The number of carbonyl (C=O) groups excluding carboxylic acids is 1. The first-order chi connectivity index (χ1) is 6.31. The van der Waals surface area contributed by atoms with E-state index in [4.69, 9.17) is 5.11 Å². The molecule has 0 saturated carbocycles. The molecule has 0 rings (SSSR count). The number of hydrogen-bond donors (Lipinski definition) is 3. The molecule has 0 atom stereocenters. The van der Waals surface area contributed by atoms with E-state index in [1.54, 1.807) is 0 Å². The number of hydrogen-bond acceptors (Lipinski definition) is 4. The molecule has 0 heterocycles. The smallest absolute Gasteiger partial charge is 0.323 e. The fourth-order valence-electron chi connectivity index (χ4n) is 0.568. The Morgan fingerprint density at radius 1 is 1.29 bits per heavy atom. The van der Waals surface area contributed by atoms with Crippen LogP contribution in [0.2, 0.25) is 0 Å². The van der Waals surface area contributed by atoms with Gasteiger partial charge in [0, 0.05) is 12.8 Å². The third kappa shape index (κ3) is 8.78. The maximum absolute atomic E-state index is 10.8. The van der Waals surface area contributed by atoms with Crippen molar-refractivity contribution in [3.8, 4) is 0 Å². The minimum Gasteiger partial charge on any atom is -0.480 e. The van der Waals surface area contributed by atoms with Gasteiger partial charge >= 0.3 is 12.0 Å². The summed E-state index contributed by atoms with van der Waals surface area (Å²) in [6.07, 6.45) is 1.05. The molecule has 3 N–H and O–H groups in total. The molecular weight excluding hydrogens is 212 g/mol. The molecule has 8 heteroatoms. The number of nitrogens with one attached hydrogen (secondary N) is 2. The van der Waals surface area contributed by atoms with Crippen LogP contribution in [0.5, 0.6) is 0 Å². The van der Waals surface area contributed by atoms with Gasteiger partial charge in [-0.25, -0.2) is 13.2 Å². The molecule has 0 aromatic rings. The van der Waals surface area contributed by atoms with Crippen molar-refractivity contribution in [1.82, 2.24) is 10.6 Å². The predicted molar refractivity (Wildman–Crippen MR) is 48.7 cm³/mol. The normalized spacial score (nSPS) is 10.6. The van der Waals surface area contributed by atoms with Crippen LogP contribution in [-0.4, -0.2) is 50.6 Å². The Labute approximate surface area is 81.4 Å². The van der Waals surface area contributed by atoms with Gasteiger partial charge in [-0.2, -0.15) is 0 Å². The average molecular weight is 224 g/mol. The molecule has 0 aliphatic rings. The number of carbonyl (C=O) groups is 2. The van der Waals surface area contributed by atoms with Crippen molar-refractivity contribution >= 4 is 21.8 Å². The van der Waals surface area contributed by atoms with Gasteiger partial charge < -0.3 is 15.7 Å². The van der Waals surface area contributed by atoms with Crippen molar-refractivity contribution in [3.63, 3.8) is 0 Å². The fraction of sp³-hybridized carbons (Fsp3) is 0.667. The minimum atomic E-state index is -3.11. The zero-order valence-electron chi connectivity index (χ0n) is 7.61. The van der Waals surface area contributed by atoms with Gasteiger partial charge in [-0.1, -0.05) is 0 Å². The van der Waals surface area contributed by atoms with Gasteiger partial charge in [0.25, 0.3) is 0 Å². The van der Waals surface area contributed by atoms with Crippen LogP contribution in [0.25, 0.3) is 0 Å². The van der Waals surface area contributed by atoms with Crippen LogP contribution in [0.1, 0.15) is 0 Å². The predicted octanol–water partition coefficient (Wildman–Crippen LogP) is -1.59. The number of aliphatic carboxylic acids is 1. The third-order valence-corrected chi connectivity index (χ3v) is 2.10. The Bertz CT molecular complexity index is 310. The molecule has 14 heavy (non-hydrogen) atoms. The van der Waals surface area contributed by atoms with Gasteiger partial charge in [-0.15, -0.1) is 0 Å². The second-order valence-electron chi connectivity index (χ2n) is 2.63. The highest BCUT2D eigenvalue weighted by Crippen LogP contribution is 1.79. The largest absolute Gasteiger partial charge is 0.480 e. The number of carboxylic acids is 1. The first-order valence-corrected chi connectivity index (χ1v) is 5.78. The van der Waals surface area contributed by atoms with Crippen LogP contribution in [0.15, 0.2) is 0 Å². The van der Waals surface area contributed by atoms with E-state index in [0.29, 0.717) is 0 Å². The lowest BCUT2D eigenvalue weighted by atomic mass is 10.6. The minimum absolute atomic E-state index is 0.0374. The SMILES string of the molecule is CS(=O)(=O)CCNC(=O)NCC(=O)O. The second kappa shape index (κ2) is 5.43. The number of sulfone groups is 1. The van der Waals surface area contributed by atoms with Gasteiger partial charge in [0.2, 0.25) is 0 Å². The van der Waals surface area contributed by atoms with Crippen molar-refractivity contribution < 1.29 is 23.1 Å². The van der Waals surface area contributed by atoms with Crippen LogP contribution in [0, 0.1) is 0 Å². The summed E-state index contributed by atoms with van der Waals surface area (Å²) in [5, 5.41) is 12.4. The van der Waals surface area contributed by atoms with Crippen LogP contribution in [-0.2, 0) is 14.6 Å². The summed E-state index contributed by atoms with van der Waals surface area (Å²) in [5.41, 5.74) is 0. The lowest BCUT2D eigenvalue weighted by Crippen LogP contribution is -2.40. The van der Waals surface area contributed by atoms with E-state index in [2.05, 4.69) is 5.32 Å². The van der Waals surface area contributed by atoms with E-state index in [1.807, 2.05) is 5.32 Å². The molecule has 0 aliphatic heterocycles. The van der Waals surface area contributed by atoms with Crippen molar-refractivity contribution in [2.45, 2.75) is 0 Å². The monoisotopic (exact) mass is 224 g/mol. The summed E-state index contributed by atoms with van der Waals surface area (Å²) >= 11 is 0. The molecule has 82 valence electrons. The number of carboxylic acid groups (broad SMARTS) is 1. The lowest BCUT2D eigenvalue weighted by molar-refractivity contribution is -0.135. The molecule has 0 unspecified atom stereocenters. The molecule has 0 spiro atoms. The second-order valence-corrected chi connectivity index (χ2v) is 4.89. The number of urea groups is 1. The molecule has 0 aromatic carbocycles. The Balaban J connectivity index is 3.60. The van der Waals surface area contributed by atoms with E-state index < -0.39 is 28.4 Å². The summed E-state index contributed by atoms with van der Waals surface area (Å²) in [5.74, 6) is -1.34. The Morgan fingerprint density at radius 2 is 1.86 bits per heavy atom. The van der Waals surface area contributed by atoms with Crippen LogP contribution >= 0.6 is 0 Å². The summed E-state index contributed by atoms with van der Waals surface area (Å²) in [4.78, 5) is 20.8.